The topological polar surface area (TPSA) is 32.5 Å². The van der Waals surface area contributed by atoms with Crippen molar-refractivity contribution >= 4 is 0 Å². The van der Waals surface area contributed by atoms with Gasteiger partial charge in [-0.05, 0) is 71.1 Å². The fourth-order valence-corrected chi connectivity index (χ4v) is 4.51. The average Bonchev–Trinajstić information content (AvgIpc) is 2.87. The molecule has 104 valence electrons. The molecule has 3 rings (SSSR count). The number of hydrogen-bond acceptors (Lipinski definition) is 3. The summed E-state index contributed by atoms with van der Waals surface area (Å²) in [5.74, 6) is 0. The number of nitrogens with two attached hydrogens (primary N) is 1. The van der Waals surface area contributed by atoms with E-state index in [2.05, 4.69) is 9.80 Å². The smallest absolute Gasteiger partial charge is 0.0125 e. The molecule has 0 aromatic rings. The second-order valence-corrected chi connectivity index (χ2v) is 6.48. The molecular weight excluding hydrogens is 222 g/mol. The lowest BCUT2D eigenvalue weighted by molar-refractivity contribution is 0.0354. The van der Waals surface area contributed by atoms with Gasteiger partial charge in [-0.25, -0.2) is 0 Å². The third-order valence-electron chi connectivity index (χ3n) is 5.43. The highest BCUT2D eigenvalue weighted by Crippen LogP contribution is 2.32. The van der Waals surface area contributed by atoms with Crippen molar-refractivity contribution in [2.45, 2.75) is 69.5 Å². The molecule has 0 radical (unpaired) electrons. The van der Waals surface area contributed by atoms with E-state index in [-0.39, 0.29) is 0 Å². The lowest BCUT2D eigenvalue weighted by Gasteiger charge is -2.46. The minimum Gasteiger partial charge on any atom is -0.330 e. The summed E-state index contributed by atoms with van der Waals surface area (Å²) in [7, 11) is 0. The van der Waals surface area contributed by atoms with Crippen LogP contribution in [0.1, 0.15) is 51.4 Å². The van der Waals surface area contributed by atoms with Gasteiger partial charge >= 0.3 is 0 Å². The van der Waals surface area contributed by atoms with Crippen LogP contribution in [0.15, 0.2) is 0 Å². The molecule has 3 aliphatic heterocycles. The normalized spacial score (nSPS) is 38.8. The lowest BCUT2D eigenvalue weighted by atomic mass is 9.90. The Morgan fingerprint density at radius 3 is 2.72 bits per heavy atom. The van der Waals surface area contributed by atoms with Crippen molar-refractivity contribution in [2.24, 2.45) is 5.73 Å². The molecule has 0 aromatic carbocycles. The minimum atomic E-state index is 0.793. The van der Waals surface area contributed by atoms with E-state index in [0.29, 0.717) is 0 Å². The number of nitrogens with zero attached hydrogens (tertiary/aromatic N) is 2. The Kier molecular flexibility index (Phi) is 4.22. The van der Waals surface area contributed by atoms with Crippen LogP contribution in [0, 0.1) is 0 Å². The molecule has 0 saturated carbocycles. The number of rotatable bonds is 3. The summed E-state index contributed by atoms with van der Waals surface area (Å²) in [5, 5.41) is 0. The standard InChI is InChI=1S/C15H29N3/c16-8-6-13-4-1-2-10-18(13)15-7-11-17-9-3-5-14(17)12-15/h13-15H,1-12,16H2. The first-order valence-electron chi connectivity index (χ1n) is 8.08. The van der Waals surface area contributed by atoms with Crippen LogP contribution in [0.5, 0.6) is 0 Å². The van der Waals surface area contributed by atoms with E-state index < -0.39 is 0 Å². The van der Waals surface area contributed by atoms with Gasteiger partial charge in [-0.2, -0.15) is 0 Å². The Labute approximate surface area is 112 Å². The summed E-state index contributed by atoms with van der Waals surface area (Å²) in [6.45, 7) is 4.91. The molecule has 0 aliphatic carbocycles. The van der Waals surface area contributed by atoms with Crippen molar-refractivity contribution in [3.05, 3.63) is 0 Å². The van der Waals surface area contributed by atoms with E-state index in [1.165, 1.54) is 71.0 Å². The second-order valence-electron chi connectivity index (χ2n) is 6.48. The van der Waals surface area contributed by atoms with Crippen LogP contribution in [-0.2, 0) is 0 Å². The van der Waals surface area contributed by atoms with Gasteiger partial charge < -0.3 is 10.6 Å². The third-order valence-corrected chi connectivity index (χ3v) is 5.43. The van der Waals surface area contributed by atoms with Crippen LogP contribution in [-0.4, -0.2) is 54.1 Å². The van der Waals surface area contributed by atoms with Crippen molar-refractivity contribution in [1.82, 2.24) is 9.80 Å². The Hall–Kier alpha value is -0.120. The summed E-state index contributed by atoms with van der Waals surface area (Å²) in [6, 6.07) is 2.56. The number of hydrogen-bond donors (Lipinski definition) is 1. The van der Waals surface area contributed by atoms with Gasteiger partial charge in [-0.1, -0.05) is 6.42 Å². The molecule has 3 aliphatic rings. The van der Waals surface area contributed by atoms with Crippen molar-refractivity contribution < 1.29 is 0 Å². The first-order chi connectivity index (χ1) is 8.88. The molecule has 3 nitrogen and oxygen atoms in total. The Bertz CT molecular complexity index is 266. The van der Waals surface area contributed by atoms with Crippen LogP contribution in [0.3, 0.4) is 0 Å². The van der Waals surface area contributed by atoms with E-state index in [9.17, 15) is 0 Å². The van der Waals surface area contributed by atoms with Gasteiger partial charge in [-0.3, -0.25) is 4.90 Å². The largest absolute Gasteiger partial charge is 0.330 e. The predicted octanol–water partition coefficient (Wildman–Crippen LogP) is 1.82. The molecule has 0 amide bonds. The lowest BCUT2D eigenvalue weighted by Crippen LogP contribution is -2.53. The Balaban J connectivity index is 1.61. The summed E-state index contributed by atoms with van der Waals surface area (Å²) in [6.07, 6.45) is 11.1. The van der Waals surface area contributed by atoms with Gasteiger partial charge in [0.05, 0.1) is 0 Å². The fourth-order valence-electron chi connectivity index (χ4n) is 4.51. The molecule has 3 heteroatoms. The molecule has 0 aromatic heterocycles. The van der Waals surface area contributed by atoms with Crippen LogP contribution in [0.25, 0.3) is 0 Å². The molecule has 0 bridgehead atoms. The predicted molar refractivity (Wildman–Crippen MR) is 75.6 cm³/mol. The Morgan fingerprint density at radius 1 is 0.889 bits per heavy atom. The van der Waals surface area contributed by atoms with E-state index >= 15 is 0 Å². The van der Waals surface area contributed by atoms with Crippen LogP contribution in [0.2, 0.25) is 0 Å². The van der Waals surface area contributed by atoms with Gasteiger partial charge in [0.2, 0.25) is 0 Å². The molecular formula is C15H29N3. The van der Waals surface area contributed by atoms with Gasteiger partial charge in [0.1, 0.15) is 0 Å². The van der Waals surface area contributed by atoms with Crippen molar-refractivity contribution in [1.29, 1.82) is 0 Å². The van der Waals surface area contributed by atoms with E-state index in [1.807, 2.05) is 0 Å². The quantitative estimate of drug-likeness (QED) is 0.830. The second kappa shape index (κ2) is 5.89. The maximum Gasteiger partial charge on any atom is 0.0125 e. The zero-order valence-electron chi connectivity index (χ0n) is 11.7. The summed E-state index contributed by atoms with van der Waals surface area (Å²) in [5.41, 5.74) is 5.80. The van der Waals surface area contributed by atoms with Crippen molar-refractivity contribution in [3.63, 3.8) is 0 Å². The highest BCUT2D eigenvalue weighted by atomic mass is 15.2. The molecule has 18 heavy (non-hydrogen) atoms. The summed E-state index contributed by atoms with van der Waals surface area (Å²) in [4.78, 5) is 5.57. The molecule has 2 N–H and O–H groups in total. The van der Waals surface area contributed by atoms with Crippen molar-refractivity contribution in [2.75, 3.05) is 26.2 Å². The highest BCUT2D eigenvalue weighted by molar-refractivity contribution is 4.93. The summed E-state index contributed by atoms with van der Waals surface area (Å²) < 4.78 is 0. The number of likely N-dealkylation sites (tertiary alicyclic amines) is 1. The first-order valence-corrected chi connectivity index (χ1v) is 8.08. The third kappa shape index (κ3) is 2.59. The van der Waals surface area contributed by atoms with Crippen LogP contribution in [0.4, 0.5) is 0 Å². The fraction of sp³-hybridized carbons (Fsp3) is 1.00. The Morgan fingerprint density at radius 2 is 1.83 bits per heavy atom. The molecule has 3 unspecified atom stereocenters. The maximum atomic E-state index is 5.80. The zero-order chi connectivity index (χ0) is 12.4. The molecule has 3 saturated heterocycles. The van der Waals surface area contributed by atoms with E-state index in [0.717, 1.165) is 24.7 Å². The number of piperidine rings is 2. The number of fused-ring (bicyclic) bond motifs is 1. The summed E-state index contributed by atoms with van der Waals surface area (Å²) >= 11 is 0. The average molecular weight is 251 g/mol. The molecule has 3 heterocycles. The van der Waals surface area contributed by atoms with Gasteiger partial charge in [0, 0.05) is 18.1 Å². The first kappa shape index (κ1) is 12.9. The van der Waals surface area contributed by atoms with E-state index in [1.54, 1.807) is 0 Å². The monoisotopic (exact) mass is 251 g/mol. The molecule has 3 atom stereocenters. The molecule has 3 fully saturated rings. The van der Waals surface area contributed by atoms with Gasteiger partial charge in [0.15, 0.2) is 0 Å². The zero-order valence-corrected chi connectivity index (χ0v) is 11.7. The molecule has 0 spiro atoms. The van der Waals surface area contributed by atoms with Gasteiger partial charge in [0.25, 0.3) is 0 Å². The van der Waals surface area contributed by atoms with Gasteiger partial charge in [-0.15, -0.1) is 0 Å². The van der Waals surface area contributed by atoms with Crippen LogP contribution < -0.4 is 5.73 Å². The minimum absolute atomic E-state index is 0.793. The maximum absolute atomic E-state index is 5.80. The van der Waals surface area contributed by atoms with Crippen LogP contribution >= 0.6 is 0 Å². The highest BCUT2D eigenvalue weighted by Gasteiger charge is 2.36. The van der Waals surface area contributed by atoms with Crippen molar-refractivity contribution in [3.8, 4) is 0 Å². The SMILES string of the molecule is NCCC1CCCCN1C1CCN2CCCC2C1. The van der Waals surface area contributed by atoms with E-state index in [4.69, 9.17) is 5.73 Å².